The Labute approximate surface area is 125 Å². The molecule has 0 amide bonds. The zero-order valence-electron chi connectivity index (χ0n) is 12.5. The van der Waals surface area contributed by atoms with Crippen LogP contribution in [0, 0.1) is 13.8 Å². The molecule has 2 aromatic rings. The van der Waals surface area contributed by atoms with Gasteiger partial charge in [-0.05, 0) is 31.9 Å². The first kappa shape index (κ1) is 14.9. The van der Waals surface area contributed by atoms with Crippen molar-refractivity contribution in [3.63, 3.8) is 0 Å². The van der Waals surface area contributed by atoms with Crippen LogP contribution in [-0.4, -0.2) is 9.97 Å². The lowest BCUT2D eigenvalue weighted by Crippen LogP contribution is -2.08. The highest BCUT2D eigenvalue weighted by molar-refractivity contribution is 7.98. The number of hydrogen-bond acceptors (Lipinski definition) is 4. The summed E-state index contributed by atoms with van der Waals surface area (Å²) in [5.41, 5.74) is 9.38. The van der Waals surface area contributed by atoms with Gasteiger partial charge in [-0.15, -0.1) is 11.8 Å². The highest BCUT2D eigenvalue weighted by Gasteiger charge is 2.12. The number of benzene rings is 1. The molecule has 0 unspecified atom stereocenters. The van der Waals surface area contributed by atoms with E-state index in [9.17, 15) is 0 Å². The summed E-state index contributed by atoms with van der Waals surface area (Å²) in [6.07, 6.45) is 0. The van der Waals surface area contributed by atoms with Crippen molar-refractivity contribution in [3.8, 4) is 0 Å². The van der Waals surface area contributed by atoms with Crippen molar-refractivity contribution in [2.45, 2.75) is 44.3 Å². The van der Waals surface area contributed by atoms with Gasteiger partial charge in [0, 0.05) is 16.2 Å². The second-order valence-electron chi connectivity index (χ2n) is 5.28. The topological polar surface area (TPSA) is 51.8 Å². The van der Waals surface area contributed by atoms with Crippen LogP contribution in [0.3, 0.4) is 0 Å². The zero-order valence-corrected chi connectivity index (χ0v) is 13.3. The Morgan fingerprint density at radius 2 is 1.75 bits per heavy atom. The largest absolute Gasteiger partial charge is 0.383 e. The fraction of sp³-hybridized carbons (Fsp3) is 0.375. The molecule has 1 heterocycles. The summed E-state index contributed by atoms with van der Waals surface area (Å²) in [7, 11) is 0. The predicted molar refractivity (Wildman–Crippen MR) is 86.0 cm³/mol. The van der Waals surface area contributed by atoms with E-state index in [4.69, 9.17) is 5.73 Å². The number of rotatable bonds is 4. The molecule has 0 fully saturated rings. The number of nitrogens with two attached hydrogens (primary N) is 1. The van der Waals surface area contributed by atoms with E-state index in [-0.39, 0.29) is 0 Å². The van der Waals surface area contributed by atoms with E-state index in [1.165, 1.54) is 10.5 Å². The molecular formula is C16H21N3S. The standard InChI is InChI=1S/C16H21N3S/c1-10(2)15-12(4)18-14(19-16(15)17)9-20-13-7-5-11(3)6-8-13/h5-8,10H,9H2,1-4H3,(H2,17,18,19). The lowest BCUT2D eigenvalue weighted by Gasteiger charge is -2.13. The molecule has 0 aliphatic rings. The van der Waals surface area contributed by atoms with Crippen LogP contribution in [0.15, 0.2) is 29.2 Å². The van der Waals surface area contributed by atoms with Crippen LogP contribution in [0.2, 0.25) is 0 Å². The van der Waals surface area contributed by atoms with Crippen LogP contribution in [0.4, 0.5) is 5.82 Å². The van der Waals surface area contributed by atoms with Gasteiger partial charge >= 0.3 is 0 Å². The Morgan fingerprint density at radius 3 is 2.30 bits per heavy atom. The summed E-state index contributed by atoms with van der Waals surface area (Å²) in [5, 5.41) is 0. The molecular weight excluding hydrogens is 266 g/mol. The predicted octanol–water partition coefficient (Wildman–Crippen LogP) is 4.09. The van der Waals surface area contributed by atoms with Gasteiger partial charge in [0.1, 0.15) is 11.6 Å². The zero-order chi connectivity index (χ0) is 14.7. The SMILES string of the molecule is Cc1ccc(SCc2nc(C)c(C(C)C)c(N)n2)cc1. The molecule has 4 heteroatoms. The Hall–Kier alpha value is -1.55. The minimum absolute atomic E-state index is 0.355. The number of nitrogen functional groups attached to an aromatic ring is 1. The van der Waals surface area contributed by atoms with E-state index in [0.29, 0.717) is 11.7 Å². The lowest BCUT2D eigenvalue weighted by atomic mass is 10.0. The summed E-state index contributed by atoms with van der Waals surface area (Å²) in [4.78, 5) is 10.2. The first-order valence-electron chi connectivity index (χ1n) is 6.79. The lowest BCUT2D eigenvalue weighted by molar-refractivity contribution is 0.823. The average Bonchev–Trinajstić information content (AvgIpc) is 2.37. The average molecular weight is 287 g/mol. The van der Waals surface area contributed by atoms with Crippen molar-refractivity contribution in [1.29, 1.82) is 0 Å². The molecule has 1 aromatic carbocycles. The number of aromatic nitrogens is 2. The van der Waals surface area contributed by atoms with Crippen LogP contribution in [0.5, 0.6) is 0 Å². The number of aryl methyl sites for hydroxylation is 2. The van der Waals surface area contributed by atoms with Gasteiger partial charge < -0.3 is 5.73 Å². The van der Waals surface area contributed by atoms with Gasteiger partial charge in [-0.2, -0.15) is 0 Å². The second-order valence-corrected chi connectivity index (χ2v) is 6.33. The van der Waals surface area contributed by atoms with E-state index in [1.807, 2.05) is 6.92 Å². The van der Waals surface area contributed by atoms with E-state index in [2.05, 4.69) is 55.0 Å². The number of hydrogen-bond donors (Lipinski definition) is 1. The van der Waals surface area contributed by atoms with Crippen molar-refractivity contribution in [2.24, 2.45) is 0 Å². The normalized spacial score (nSPS) is 11.1. The Kier molecular flexibility index (Phi) is 4.65. The van der Waals surface area contributed by atoms with E-state index < -0.39 is 0 Å². The molecule has 0 radical (unpaired) electrons. The van der Waals surface area contributed by atoms with E-state index >= 15 is 0 Å². The fourth-order valence-corrected chi connectivity index (χ4v) is 2.98. The minimum atomic E-state index is 0.355. The first-order chi connectivity index (χ1) is 9.47. The van der Waals surface area contributed by atoms with Gasteiger partial charge in [0.15, 0.2) is 0 Å². The molecule has 20 heavy (non-hydrogen) atoms. The molecule has 0 spiro atoms. The quantitative estimate of drug-likeness (QED) is 0.860. The third-order valence-corrected chi connectivity index (χ3v) is 4.19. The molecule has 0 aliphatic carbocycles. The molecule has 0 saturated carbocycles. The number of nitrogens with zero attached hydrogens (tertiary/aromatic N) is 2. The van der Waals surface area contributed by atoms with E-state index in [1.54, 1.807) is 11.8 Å². The molecule has 0 saturated heterocycles. The van der Waals surface area contributed by atoms with Crippen LogP contribution in [0.1, 0.15) is 42.4 Å². The maximum Gasteiger partial charge on any atom is 0.141 e. The third-order valence-electron chi connectivity index (χ3n) is 3.18. The Morgan fingerprint density at radius 1 is 1.10 bits per heavy atom. The molecule has 106 valence electrons. The summed E-state index contributed by atoms with van der Waals surface area (Å²) in [6, 6.07) is 8.48. The molecule has 0 bridgehead atoms. The van der Waals surface area contributed by atoms with Crippen molar-refractivity contribution in [2.75, 3.05) is 5.73 Å². The summed E-state index contributed by atoms with van der Waals surface area (Å²) >= 11 is 1.73. The van der Waals surface area contributed by atoms with Crippen molar-refractivity contribution >= 4 is 17.6 Å². The summed E-state index contributed by atoms with van der Waals surface area (Å²) < 4.78 is 0. The fourth-order valence-electron chi connectivity index (χ4n) is 2.22. The molecule has 0 aliphatic heterocycles. The van der Waals surface area contributed by atoms with Gasteiger partial charge in [0.25, 0.3) is 0 Å². The number of anilines is 1. The smallest absolute Gasteiger partial charge is 0.141 e. The van der Waals surface area contributed by atoms with Crippen LogP contribution >= 0.6 is 11.8 Å². The van der Waals surface area contributed by atoms with Gasteiger partial charge in [-0.3, -0.25) is 0 Å². The molecule has 0 atom stereocenters. The highest BCUT2D eigenvalue weighted by Crippen LogP contribution is 2.26. The van der Waals surface area contributed by atoms with Gasteiger partial charge in [0.05, 0.1) is 5.75 Å². The number of thioether (sulfide) groups is 1. The maximum atomic E-state index is 6.05. The molecule has 2 rings (SSSR count). The monoisotopic (exact) mass is 287 g/mol. The summed E-state index contributed by atoms with van der Waals surface area (Å²) in [6.45, 7) is 8.32. The third kappa shape index (κ3) is 3.51. The minimum Gasteiger partial charge on any atom is -0.383 e. The Balaban J connectivity index is 2.12. The molecule has 3 nitrogen and oxygen atoms in total. The van der Waals surface area contributed by atoms with Gasteiger partial charge in [0.2, 0.25) is 0 Å². The summed E-state index contributed by atoms with van der Waals surface area (Å²) in [5.74, 6) is 2.52. The van der Waals surface area contributed by atoms with Crippen molar-refractivity contribution in [3.05, 3.63) is 46.9 Å². The first-order valence-corrected chi connectivity index (χ1v) is 7.78. The van der Waals surface area contributed by atoms with Crippen LogP contribution < -0.4 is 5.73 Å². The van der Waals surface area contributed by atoms with E-state index in [0.717, 1.165) is 22.8 Å². The maximum absolute atomic E-state index is 6.05. The molecule has 2 N–H and O–H groups in total. The highest BCUT2D eigenvalue weighted by atomic mass is 32.2. The Bertz CT molecular complexity index is 568. The second kappa shape index (κ2) is 6.27. The van der Waals surface area contributed by atoms with Gasteiger partial charge in [-0.25, -0.2) is 9.97 Å². The molecule has 1 aromatic heterocycles. The van der Waals surface area contributed by atoms with Crippen molar-refractivity contribution < 1.29 is 0 Å². The van der Waals surface area contributed by atoms with Crippen LogP contribution in [0.25, 0.3) is 0 Å². The van der Waals surface area contributed by atoms with Gasteiger partial charge in [-0.1, -0.05) is 31.5 Å². The van der Waals surface area contributed by atoms with Crippen LogP contribution in [-0.2, 0) is 5.75 Å². The van der Waals surface area contributed by atoms with Crippen molar-refractivity contribution in [1.82, 2.24) is 9.97 Å².